The minimum Gasteiger partial charge on any atom is -0.382 e. The Morgan fingerprint density at radius 3 is 2.44 bits per heavy atom. The molecular formula is C11H16N4S. The summed E-state index contributed by atoms with van der Waals surface area (Å²) >= 11 is 1.75. The van der Waals surface area contributed by atoms with Crippen LogP contribution in [-0.2, 0) is 5.75 Å². The predicted molar refractivity (Wildman–Crippen MR) is 66.9 cm³/mol. The molecule has 0 aromatic carbocycles. The number of nitrogens with two attached hydrogens (primary N) is 1. The van der Waals surface area contributed by atoms with Gasteiger partial charge in [-0.05, 0) is 6.92 Å². The number of aromatic nitrogens is 2. The molecule has 0 saturated heterocycles. The Morgan fingerprint density at radius 1 is 1.38 bits per heavy atom. The highest BCUT2D eigenvalue weighted by atomic mass is 32.2. The van der Waals surface area contributed by atoms with Crippen molar-refractivity contribution in [2.45, 2.75) is 38.2 Å². The number of rotatable bonds is 2. The molecule has 1 aromatic rings. The van der Waals surface area contributed by atoms with Gasteiger partial charge in [0.15, 0.2) is 0 Å². The van der Waals surface area contributed by atoms with Crippen molar-refractivity contribution < 1.29 is 0 Å². The molecule has 0 radical (unpaired) electrons. The third-order valence-corrected chi connectivity index (χ3v) is 3.18. The summed E-state index contributed by atoms with van der Waals surface area (Å²) in [5.41, 5.74) is 6.72. The summed E-state index contributed by atoms with van der Waals surface area (Å²) < 4.78 is 0.167. The van der Waals surface area contributed by atoms with Crippen LogP contribution in [0.3, 0.4) is 0 Å². The van der Waals surface area contributed by atoms with Crippen molar-refractivity contribution in [1.29, 1.82) is 5.26 Å². The number of anilines is 1. The van der Waals surface area contributed by atoms with Crippen LogP contribution in [0.4, 0.5) is 5.82 Å². The van der Waals surface area contributed by atoms with Crippen LogP contribution >= 0.6 is 11.8 Å². The number of nitrogen functional groups attached to an aromatic ring is 1. The summed E-state index contributed by atoms with van der Waals surface area (Å²) in [4.78, 5) is 8.40. The fourth-order valence-corrected chi connectivity index (χ4v) is 1.83. The maximum atomic E-state index is 8.83. The van der Waals surface area contributed by atoms with Crippen molar-refractivity contribution in [2.75, 3.05) is 5.73 Å². The molecule has 0 fully saturated rings. The second-order valence-electron chi connectivity index (χ2n) is 4.50. The van der Waals surface area contributed by atoms with Crippen LogP contribution in [0.25, 0.3) is 0 Å². The maximum absolute atomic E-state index is 8.83. The fourth-order valence-electron chi connectivity index (χ4n) is 1.14. The Hall–Kier alpha value is -1.28. The van der Waals surface area contributed by atoms with Gasteiger partial charge in [0.1, 0.15) is 23.3 Å². The van der Waals surface area contributed by atoms with Crippen LogP contribution in [0.15, 0.2) is 0 Å². The normalized spacial score (nSPS) is 11.2. The average molecular weight is 236 g/mol. The van der Waals surface area contributed by atoms with E-state index < -0.39 is 0 Å². The number of hydrogen-bond donors (Lipinski definition) is 1. The quantitative estimate of drug-likeness (QED) is 0.852. The van der Waals surface area contributed by atoms with Crippen molar-refractivity contribution >= 4 is 17.6 Å². The monoisotopic (exact) mass is 236 g/mol. The molecule has 0 aliphatic heterocycles. The summed E-state index contributed by atoms with van der Waals surface area (Å²) in [6.07, 6.45) is 0. The summed E-state index contributed by atoms with van der Waals surface area (Å²) in [5.74, 6) is 1.67. The van der Waals surface area contributed by atoms with Crippen molar-refractivity contribution in [1.82, 2.24) is 9.97 Å². The molecular weight excluding hydrogens is 220 g/mol. The standard InChI is InChI=1S/C11H16N4S/c1-7-8(5-12)10(13)15-9(14-7)6-16-11(2,3)4/h6H2,1-4H3,(H2,13,14,15). The van der Waals surface area contributed by atoms with Crippen molar-refractivity contribution in [3.8, 4) is 6.07 Å². The lowest BCUT2D eigenvalue weighted by Crippen LogP contribution is -2.10. The molecule has 16 heavy (non-hydrogen) atoms. The van der Waals surface area contributed by atoms with Crippen LogP contribution in [0.2, 0.25) is 0 Å². The van der Waals surface area contributed by atoms with Gasteiger partial charge in [-0.2, -0.15) is 5.26 Å². The van der Waals surface area contributed by atoms with Gasteiger partial charge >= 0.3 is 0 Å². The van der Waals surface area contributed by atoms with Crippen LogP contribution in [0.1, 0.15) is 37.9 Å². The van der Waals surface area contributed by atoms with Crippen LogP contribution in [0, 0.1) is 18.3 Å². The van der Waals surface area contributed by atoms with E-state index in [2.05, 4.69) is 30.7 Å². The zero-order chi connectivity index (χ0) is 12.3. The van der Waals surface area contributed by atoms with Crippen LogP contribution in [-0.4, -0.2) is 14.7 Å². The van der Waals surface area contributed by atoms with E-state index in [1.165, 1.54) is 0 Å². The van der Waals surface area contributed by atoms with Gasteiger partial charge in [0.25, 0.3) is 0 Å². The second kappa shape index (κ2) is 4.71. The van der Waals surface area contributed by atoms with Gasteiger partial charge in [-0.25, -0.2) is 9.97 Å². The average Bonchev–Trinajstić information content (AvgIpc) is 2.13. The molecule has 0 spiro atoms. The molecule has 2 N–H and O–H groups in total. The molecule has 4 nitrogen and oxygen atoms in total. The van der Waals surface area contributed by atoms with E-state index in [0.29, 0.717) is 22.8 Å². The van der Waals surface area contributed by atoms with Gasteiger partial charge in [0.05, 0.1) is 11.4 Å². The maximum Gasteiger partial charge on any atom is 0.145 e. The van der Waals surface area contributed by atoms with E-state index >= 15 is 0 Å². The first-order chi connectivity index (χ1) is 7.33. The van der Waals surface area contributed by atoms with Crippen LogP contribution in [0.5, 0.6) is 0 Å². The zero-order valence-corrected chi connectivity index (χ0v) is 10.9. The van der Waals surface area contributed by atoms with Gasteiger partial charge in [-0.15, -0.1) is 11.8 Å². The SMILES string of the molecule is Cc1nc(CSC(C)(C)C)nc(N)c1C#N. The number of nitrogens with zero attached hydrogens (tertiary/aromatic N) is 3. The Bertz CT molecular complexity index is 406. The van der Waals surface area contributed by atoms with E-state index in [4.69, 9.17) is 11.0 Å². The molecule has 5 heteroatoms. The highest BCUT2D eigenvalue weighted by Gasteiger charge is 2.13. The van der Waals surface area contributed by atoms with Gasteiger partial charge in [0, 0.05) is 4.75 Å². The first-order valence-electron chi connectivity index (χ1n) is 5.00. The molecule has 0 aliphatic rings. The highest BCUT2D eigenvalue weighted by Crippen LogP contribution is 2.26. The number of hydrogen-bond acceptors (Lipinski definition) is 5. The van der Waals surface area contributed by atoms with Crippen molar-refractivity contribution in [3.05, 3.63) is 17.1 Å². The lowest BCUT2D eigenvalue weighted by atomic mass is 10.2. The summed E-state index contributed by atoms with van der Waals surface area (Å²) in [7, 11) is 0. The van der Waals surface area contributed by atoms with E-state index in [1.54, 1.807) is 18.7 Å². The second-order valence-corrected chi connectivity index (χ2v) is 6.30. The van der Waals surface area contributed by atoms with Crippen molar-refractivity contribution in [3.63, 3.8) is 0 Å². The lowest BCUT2D eigenvalue weighted by molar-refractivity contribution is 0.799. The highest BCUT2D eigenvalue weighted by molar-refractivity contribution is 7.99. The molecule has 0 amide bonds. The first kappa shape index (κ1) is 12.8. The van der Waals surface area contributed by atoms with Crippen LogP contribution < -0.4 is 5.73 Å². The molecule has 86 valence electrons. The summed E-state index contributed by atoms with van der Waals surface area (Å²) in [5, 5.41) is 8.83. The van der Waals surface area contributed by atoms with Gasteiger partial charge in [-0.3, -0.25) is 0 Å². The summed E-state index contributed by atoms with van der Waals surface area (Å²) in [6.45, 7) is 8.19. The Balaban J connectivity index is 2.89. The number of thioether (sulfide) groups is 1. The minimum atomic E-state index is 0.167. The predicted octanol–water partition coefficient (Wildman–Crippen LogP) is 2.27. The van der Waals surface area contributed by atoms with Crippen molar-refractivity contribution in [2.24, 2.45) is 0 Å². The van der Waals surface area contributed by atoms with E-state index in [0.717, 1.165) is 0 Å². The van der Waals surface area contributed by atoms with E-state index in [1.807, 2.05) is 6.07 Å². The lowest BCUT2D eigenvalue weighted by Gasteiger charge is -2.17. The Kier molecular flexibility index (Phi) is 3.76. The fraction of sp³-hybridized carbons (Fsp3) is 0.545. The largest absolute Gasteiger partial charge is 0.382 e. The third-order valence-electron chi connectivity index (χ3n) is 1.91. The third kappa shape index (κ3) is 3.38. The molecule has 0 atom stereocenters. The minimum absolute atomic E-state index is 0.167. The number of nitriles is 1. The molecule has 1 heterocycles. The van der Waals surface area contributed by atoms with E-state index in [9.17, 15) is 0 Å². The molecule has 0 aliphatic carbocycles. The molecule has 1 aromatic heterocycles. The Morgan fingerprint density at radius 2 is 2.00 bits per heavy atom. The smallest absolute Gasteiger partial charge is 0.145 e. The molecule has 0 unspecified atom stereocenters. The molecule has 0 bridgehead atoms. The first-order valence-corrected chi connectivity index (χ1v) is 5.99. The summed E-state index contributed by atoms with van der Waals surface area (Å²) in [6, 6.07) is 2.01. The zero-order valence-electron chi connectivity index (χ0n) is 10.0. The molecule has 0 saturated carbocycles. The topological polar surface area (TPSA) is 75.6 Å². The number of aryl methyl sites for hydroxylation is 1. The van der Waals surface area contributed by atoms with Gasteiger partial charge < -0.3 is 5.73 Å². The van der Waals surface area contributed by atoms with Gasteiger partial charge in [-0.1, -0.05) is 20.8 Å². The van der Waals surface area contributed by atoms with Gasteiger partial charge in [0.2, 0.25) is 0 Å². The van der Waals surface area contributed by atoms with E-state index in [-0.39, 0.29) is 10.6 Å². The Labute approximate surface area is 100 Å². The molecule has 1 rings (SSSR count).